The first-order valence-corrected chi connectivity index (χ1v) is 9.24. The van der Waals surface area contributed by atoms with Crippen LogP contribution in [0.25, 0.3) is 0 Å². The minimum Gasteiger partial charge on any atom is -0.494 e. The molecule has 25 heavy (non-hydrogen) atoms. The zero-order valence-electron chi connectivity index (χ0n) is 14.6. The highest BCUT2D eigenvalue weighted by Gasteiger charge is 2.44. The molecule has 1 heterocycles. The summed E-state index contributed by atoms with van der Waals surface area (Å²) in [5.74, 6) is 2.53. The van der Waals surface area contributed by atoms with Crippen molar-refractivity contribution in [2.24, 2.45) is 11.8 Å². The lowest BCUT2D eigenvalue weighted by Gasteiger charge is -2.37. The first-order chi connectivity index (χ1) is 12.2. The highest BCUT2D eigenvalue weighted by Crippen LogP contribution is 2.49. The van der Waals surface area contributed by atoms with E-state index in [0.717, 1.165) is 24.2 Å². The summed E-state index contributed by atoms with van der Waals surface area (Å²) in [5.41, 5.74) is 2.13. The minimum atomic E-state index is 0.0403. The average molecular weight is 332 g/mol. The SMILES string of the molecule is C[C@H]1CCC2O/C(=C/C(=O)c3ccccc3)CC2[C@@H]1c1ccccc1. The summed E-state index contributed by atoms with van der Waals surface area (Å²) in [7, 11) is 0. The summed E-state index contributed by atoms with van der Waals surface area (Å²) >= 11 is 0. The lowest BCUT2D eigenvalue weighted by Crippen LogP contribution is -2.32. The van der Waals surface area contributed by atoms with Gasteiger partial charge in [0, 0.05) is 24.0 Å². The van der Waals surface area contributed by atoms with Gasteiger partial charge in [0.05, 0.1) is 0 Å². The number of hydrogen-bond acceptors (Lipinski definition) is 2. The lowest BCUT2D eigenvalue weighted by molar-refractivity contribution is 0.0659. The Bertz CT molecular complexity index is 763. The van der Waals surface area contributed by atoms with Crippen molar-refractivity contribution in [1.82, 2.24) is 0 Å². The molecule has 0 N–H and O–H groups in total. The van der Waals surface area contributed by atoms with Crippen LogP contribution in [0.5, 0.6) is 0 Å². The van der Waals surface area contributed by atoms with E-state index >= 15 is 0 Å². The van der Waals surface area contributed by atoms with Gasteiger partial charge in [0.1, 0.15) is 11.9 Å². The summed E-state index contributed by atoms with van der Waals surface area (Å²) in [6.07, 6.45) is 5.09. The summed E-state index contributed by atoms with van der Waals surface area (Å²) in [6.45, 7) is 2.35. The Kier molecular flexibility index (Phi) is 4.44. The molecule has 0 radical (unpaired) electrons. The van der Waals surface area contributed by atoms with Crippen LogP contribution in [0.15, 0.2) is 72.5 Å². The maximum Gasteiger partial charge on any atom is 0.189 e. The number of allylic oxidation sites excluding steroid dienone is 2. The third-order valence-electron chi connectivity index (χ3n) is 5.73. The third-order valence-corrected chi connectivity index (χ3v) is 5.73. The molecule has 0 bridgehead atoms. The number of rotatable bonds is 3. The van der Waals surface area contributed by atoms with Crippen LogP contribution in [0.4, 0.5) is 0 Å². The van der Waals surface area contributed by atoms with E-state index in [-0.39, 0.29) is 11.9 Å². The number of hydrogen-bond donors (Lipinski definition) is 0. The molecule has 2 aromatic rings. The van der Waals surface area contributed by atoms with Crippen LogP contribution in [-0.2, 0) is 4.74 Å². The van der Waals surface area contributed by atoms with Crippen LogP contribution >= 0.6 is 0 Å². The molecule has 2 unspecified atom stereocenters. The Labute approximate surface area is 149 Å². The Morgan fingerprint density at radius 1 is 1.00 bits per heavy atom. The molecule has 1 saturated carbocycles. The quantitative estimate of drug-likeness (QED) is 0.558. The topological polar surface area (TPSA) is 26.3 Å². The molecular formula is C23H24O2. The number of ether oxygens (including phenoxy) is 1. The average Bonchev–Trinajstić information content (AvgIpc) is 3.05. The maximum atomic E-state index is 12.5. The Morgan fingerprint density at radius 3 is 2.40 bits per heavy atom. The van der Waals surface area contributed by atoms with Gasteiger partial charge in [0.15, 0.2) is 5.78 Å². The fourth-order valence-electron chi connectivity index (χ4n) is 4.53. The van der Waals surface area contributed by atoms with Crippen LogP contribution in [0, 0.1) is 11.8 Å². The van der Waals surface area contributed by atoms with E-state index in [1.165, 1.54) is 12.0 Å². The fourth-order valence-corrected chi connectivity index (χ4v) is 4.53. The zero-order chi connectivity index (χ0) is 17.2. The van der Waals surface area contributed by atoms with Crippen LogP contribution in [0.3, 0.4) is 0 Å². The van der Waals surface area contributed by atoms with Crippen molar-refractivity contribution in [3.05, 3.63) is 83.6 Å². The van der Waals surface area contributed by atoms with Crippen LogP contribution in [0.1, 0.15) is 48.0 Å². The molecule has 2 nitrogen and oxygen atoms in total. The predicted molar refractivity (Wildman–Crippen MR) is 99.4 cm³/mol. The van der Waals surface area contributed by atoms with E-state index in [4.69, 9.17) is 4.74 Å². The first kappa shape index (κ1) is 16.1. The van der Waals surface area contributed by atoms with Gasteiger partial charge in [-0.15, -0.1) is 0 Å². The van der Waals surface area contributed by atoms with Gasteiger partial charge in [0.2, 0.25) is 0 Å². The Morgan fingerprint density at radius 2 is 1.68 bits per heavy atom. The van der Waals surface area contributed by atoms with Crippen LogP contribution < -0.4 is 0 Å². The van der Waals surface area contributed by atoms with E-state index in [1.54, 1.807) is 6.08 Å². The normalized spacial score (nSPS) is 29.9. The van der Waals surface area contributed by atoms with Crippen molar-refractivity contribution in [3.63, 3.8) is 0 Å². The predicted octanol–water partition coefficient (Wildman–Crippen LogP) is 5.37. The molecular weight excluding hydrogens is 308 g/mol. The van der Waals surface area contributed by atoms with Crippen molar-refractivity contribution >= 4 is 5.78 Å². The summed E-state index contributed by atoms with van der Waals surface area (Å²) < 4.78 is 6.20. The number of ketones is 1. The molecule has 1 aliphatic heterocycles. The standard InChI is InChI=1S/C23H24O2/c1-16-12-13-22-20(23(16)18-10-6-3-7-11-18)14-19(25-22)15-21(24)17-8-4-2-5-9-17/h2-11,15-16,20,22-23H,12-14H2,1H3/b19-15+/t16-,20?,22?,23-/m0/s1. The van der Waals surface area contributed by atoms with Gasteiger partial charge in [0.25, 0.3) is 0 Å². The number of carbonyl (C=O) groups excluding carboxylic acids is 1. The summed E-state index contributed by atoms with van der Waals surface area (Å²) in [5, 5.41) is 0. The Balaban J connectivity index is 1.57. The van der Waals surface area contributed by atoms with Crippen LogP contribution in [0.2, 0.25) is 0 Å². The second-order valence-corrected chi connectivity index (χ2v) is 7.36. The monoisotopic (exact) mass is 332 g/mol. The number of benzene rings is 2. The van der Waals surface area contributed by atoms with E-state index < -0.39 is 0 Å². The van der Waals surface area contributed by atoms with Crippen molar-refractivity contribution in [3.8, 4) is 0 Å². The van der Waals surface area contributed by atoms with Gasteiger partial charge in [-0.05, 0) is 30.2 Å². The maximum absolute atomic E-state index is 12.5. The van der Waals surface area contributed by atoms with E-state index in [1.807, 2.05) is 30.3 Å². The molecule has 128 valence electrons. The first-order valence-electron chi connectivity index (χ1n) is 9.24. The van der Waals surface area contributed by atoms with E-state index in [2.05, 4.69) is 37.3 Å². The zero-order valence-corrected chi connectivity index (χ0v) is 14.6. The molecule has 0 amide bonds. The van der Waals surface area contributed by atoms with Crippen molar-refractivity contribution in [2.75, 3.05) is 0 Å². The highest BCUT2D eigenvalue weighted by atomic mass is 16.5. The second-order valence-electron chi connectivity index (χ2n) is 7.36. The van der Waals surface area contributed by atoms with Crippen molar-refractivity contribution < 1.29 is 9.53 Å². The lowest BCUT2D eigenvalue weighted by atomic mass is 9.68. The largest absolute Gasteiger partial charge is 0.494 e. The molecule has 1 aliphatic carbocycles. The van der Waals surface area contributed by atoms with E-state index in [0.29, 0.717) is 17.8 Å². The van der Waals surface area contributed by atoms with Gasteiger partial charge in [-0.1, -0.05) is 67.6 Å². The number of carbonyl (C=O) groups is 1. The van der Waals surface area contributed by atoms with Crippen molar-refractivity contribution in [1.29, 1.82) is 0 Å². The fraction of sp³-hybridized carbons (Fsp3) is 0.348. The van der Waals surface area contributed by atoms with Gasteiger partial charge >= 0.3 is 0 Å². The second kappa shape index (κ2) is 6.87. The Hall–Kier alpha value is -2.35. The van der Waals surface area contributed by atoms with Gasteiger partial charge in [-0.25, -0.2) is 0 Å². The summed E-state index contributed by atoms with van der Waals surface area (Å²) in [6, 6.07) is 20.2. The molecule has 4 rings (SSSR count). The number of fused-ring (bicyclic) bond motifs is 1. The molecule has 2 fully saturated rings. The highest BCUT2D eigenvalue weighted by molar-refractivity contribution is 6.04. The van der Waals surface area contributed by atoms with Gasteiger partial charge in [-0.3, -0.25) is 4.79 Å². The molecule has 0 spiro atoms. The molecule has 1 saturated heterocycles. The van der Waals surface area contributed by atoms with Gasteiger partial charge < -0.3 is 4.74 Å². The smallest absolute Gasteiger partial charge is 0.189 e. The third kappa shape index (κ3) is 3.26. The molecule has 2 heteroatoms. The van der Waals surface area contributed by atoms with Crippen molar-refractivity contribution in [2.45, 2.75) is 38.2 Å². The van der Waals surface area contributed by atoms with E-state index in [9.17, 15) is 4.79 Å². The molecule has 0 aromatic heterocycles. The minimum absolute atomic E-state index is 0.0403. The molecule has 2 aliphatic rings. The van der Waals surface area contributed by atoms with Crippen LogP contribution in [-0.4, -0.2) is 11.9 Å². The molecule has 4 atom stereocenters. The van der Waals surface area contributed by atoms with Gasteiger partial charge in [-0.2, -0.15) is 0 Å². The molecule has 2 aromatic carbocycles. The summed E-state index contributed by atoms with van der Waals surface area (Å²) in [4.78, 5) is 12.5.